The van der Waals surface area contributed by atoms with Gasteiger partial charge in [-0.3, -0.25) is 9.59 Å². The van der Waals surface area contributed by atoms with Crippen molar-refractivity contribution in [3.8, 4) is 11.4 Å². The Morgan fingerprint density at radius 2 is 1.77 bits per heavy atom. The van der Waals surface area contributed by atoms with Gasteiger partial charge in [-0.15, -0.1) is 10.2 Å². The maximum absolute atomic E-state index is 14.2. The number of hydrogen-bond donors (Lipinski definition) is 1. The molecule has 0 saturated heterocycles. The first kappa shape index (κ1) is 15.6. The van der Waals surface area contributed by atoms with Crippen molar-refractivity contribution in [2.45, 2.75) is 0 Å². The first-order valence-electron chi connectivity index (χ1n) is 7.30. The van der Waals surface area contributed by atoms with Crippen LogP contribution in [0.2, 0.25) is 0 Å². The summed E-state index contributed by atoms with van der Waals surface area (Å²) < 4.78 is 14.2. The molecule has 1 aromatic heterocycles. The van der Waals surface area contributed by atoms with E-state index in [0.717, 1.165) is 12.1 Å². The fourth-order valence-corrected chi connectivity index (χ4v) is 2.49. The molecule has 1 aliphatic rings. The molecule has 0 unspecified atom stereocenters. The summed E-state index contributed by atoms with van der Waals surface area (Å²) >= 11 is 0. The first-order chi connectivity index (χ1) is 12.6. The quantitative estimate of drug-likeness (QED) is 0.707. The number of hydrogen-bond acceptors (Lipinski definition) is 7. The topological polar surface area (TPSA) is 118 Å². The molecular formula is C16H8FN5O4. The third-order valence-electron chi connectivity index (χ3n) is 3.72. The number of imide groups is 1. The van der Waals surface area contributed by atoms with Crippen LogP contribution in [0.4, 0.5) is 4.39 Å². The minimum Gasteiger partial charge on any atom is -0.324 e. The molecular weight excluding hydrogens is 345 g/mol. The Morgan fingerprint density at radius 1 is 1.08 bits per heavy atom. The van der Waals surface area contributed by atoms with E-state index in [0.29, 0.717) is 5.06 Å². The molecule has 0 spiro atoms. The molecule has 3 aromatic rings. The van der Waals surface area contributed by atoms with Gasteiger partial charge in [0.15, 0.2) is 0 Å². The van der Waals surface area contributed by atoms with Gasteiger partial charge in [0.25, 0.3) is 11.8 Å². The molecule has 2 amide bonds. The first-order valence-corrected chi connectivity index (χ1v) is 7.30. The van der Waals surface area contributed by atoms with Crippen molar-refractivity contribution in [1.82, 2.24) is 25.7 Å². The zero-order chi connectivity index (χ0) is 18.3. The molecule has 0 fully saturated rings. The summed E-state index contributed by atoms with van der Waals surface area (Å²) in [6.45, 7) is 0. The number of carbonyl (C=O) groups excluding carboxylic acids is 3. The SMILES string of the molecule is O=C(ON1C(=O)c2ccccc2C1=O)c1ccc(-c2nn[nH]n2)cc1F. The molecule has 2 heterocycles. The summed E-state index contributed by atoms with van der Waals surface area (Å²) in [6.07, 6.45) is 0. The standard InChI is InChI=1S/C16H8FN5O4/c17-12-7-8(13-18-20-21-19-13)5-6-11(12)16(25)26-22-14(23)9-3-1-2-4-10(9)15(22)24/h1-7H,(H,18,19,20,21). The van der Waals surface area contributed by atoms with Gasteiger partial charge in [0, 0.05) is 5.56 Å². The van der Waals surface area contributed by atoms with Crippen LogP contribution in [0, 0.1) is 5.82 Å². The molecule has 0 radical (unpaired) electrons. The number of aromatic amines is 1. The van der Waals surface area contributed by atoms with Crippen LogP contribution in [-0.2, 0) is 4.84 Å². The summed E-state index contributed by atoms with van der Waals surface area (Å²) in [5, 5.41) is 13.3. The van der Waals surface area contributed by atoms with Crippen LogP contribution < -0.4 is 0 Å². The fraction of sp³-hybridized carbons (Fsp3) is 0. The van der Waals surface area contributed by atoms with Gasteiger partial charge in [0.05, 0.1) is 16.7 Å². The smallest absolute Gasteiger partial charge is 0.324 e. The Hall–Kier alpha value is -3.95. The number of fused-ring (bicyclic) bond motifs is 1. The highest BCUT2D eigenvalue weighted by molar-refractivity contribution is 6.21. The van der Waals surface area contributed by atoms with Gasteiger partial charge < -0.3 is 4.84 Å². The van der Waals surface area contributed by atoms with Gasteiger partial charge in [0.1, 0.15) is 5.82 Å². The third-order valence-corrected chi connectivity index (χ3v) is 3.72. The van der Waals surface area contributed by atoms with Crippen LogP contribution in [0.3, 0.4) is 0 Å². The largest absolute Gasteiger partial charge is 0.366 e. The highest BCUT2D eigenvalue weighted by Gasteiger charge is 2.39. The van der Waals surface area contributed by atoms with Crippen molar-refractivity contribution < 1.29 is 23.6 Å². The second kappa shape index (κ2) is 5.84. The van der Waals surface area contributed by atoms with Crippen molar-refractivity contribution in [2.24, 2.45) is 0 Å². The maximum atomic E-state index is 14.2. The van der Waals surface area contributed by atoms with Crippen LogP contribution in [0.15, 0.2) is 42.5 Å². The highest BCUT2D eigenvalue weighted by Crippen LogP contribution is 2.24. The number of amides is 2. The van der Waals surface area contributed by atoms with Crippen molar-refractivity contribution in [2.75, 3.05) is 0 Å². The van der Waals surface area contributed by atoms with Crippen LogP contribution in [-0.4, -0.2) is 43.5 Å². The number of H-pyrrole nitrogens is 1. The summed E-state index contributed by atoms with van der Waals surface area (Å²) in [7, 11) is 0. The number of benzene rings is 2. The lowest BCUT2D eigenvalue weighted by Gasteiger charge is -2.13. The van der Waals surface area contributed by atoms with Gasteiger partial charge in [0.2, 0.25) is 5.82 Å². The molecule has 128 valence electrons. The molecule has 0 atom stereocenters. The number of rotatable bonds is 3. The average molecular weight is 353 g/mol. The molecule has 2 aromatic carbocycles. The Balaban J connectivity index is 1.58. The highest BCUT2D eigenvalue weighted by atomic mass is 19.1. The Kier molecular flexibility index (Phi) is 3.50. The lowest BCUT2D eigenvalue weighted by atomic mass is 10.1. The summed E-state index contributed by atoms with van der Waals surface area (Å²) in [5.74, 6) is -3.54. The number of aromatic nitrogens is 4. The molecule has 10 heteroatoms. The Bertz CT molecular complexity index is 1020. The van der Waals surface area contributed by atoms with Gasteiger partial charge in [-0.2, -0.15) is 5.21 Å². The van der Waals surface area contributed by atoms with Gasteiger partial charge in [-0.05, 0) is 35.5 Å². The normalized spacial score (nSPS) is 13.0. The van der Waals surface area contributed by atoms with Gasteiger partial charge in [-0.25, -0.2) is 9.18 Å². The third kappa shape index (κ3) is 2.40. The number of tetrazole rings is 1. The van der Waals surface area contributed by atoms with E-state index in [-0.39, 0.29) is 22.5 Å². The molecule has 0 aliphatic carbocycles. The molecule has 0 bridgehead atoms. The van der Waals surface area contributed by atoms with E-state index in [1.54, 1.807) is 12.1 Å². The van der Waals surface area contributed by atoms with E-state index < -0.39 is 29.2 Å². The van der Waals surface area contributed by atoms with Gasteiger partial charge >= 0.3 is 5.97 Å². The van der Waals surface area contributed by atoms with E-state index in [4.69, 9.17) is 4.84 Å². The van der Waals surface area contributed by atoms with E-state index in [9.17, 15) is 18.8 Å². The van der Waals surface area contributed by atoms with Gasteiger partial charge in [-0.1, -0.05) is 17.2 Å². The predicted molar refractivity (Wildman–Crippen MR) is 81.9 cm³/mol. The number of carbonyl (C=O) groups is 3. The summed E-state index contributed by atoms with van der Waals surface area (Å²) in [5.41, 5.74) is 0.0544. The molecule has 1 N–H and O–H groups in total. The van der Waals surface area contributed by atoms with E-state index in [1.807, 2.05) is 0 Å². The van der Waals surface area contributed by atoms with Crippen molar-refractivity contribution in [3.05, 3.63) is 65.0 Å². The minimum atomic E-state index is -1.18. The van der Waals surface area contributed by atoms with E-state index in [1.165, 1.54) is 18.2 Å². The molecule has 9 nitrogen and oxygen atoms in total. The molecule has 26 heavy (non-hydrogen) atoms. The molecule has 0 saturated carbocycles. The minimum absolute atomic E-state index is 0.109. The second-order valence-electron chi connectivity index (χ2n) is 5.26. The number of halogens is 1. The maximum Gasteiger partial charge on any atom is 0.366 e. The van der Waals surface area contributed by atoms with Crippen molar-refractivity contribution in [1.29, 1.82) is 0 Å². The van der Waals surface area contributed by atoms with Crippen molar-refractivity contribution in [3.63, 3.8) is 0 Å². The number of hydroxylamine groups is 2. The zero-order valence-corrected chi connectivity index (χ0v) is 12.8. The van der Waals surface area contributed by atoms with Crippen LogP contribution >= 0.6 is 0 Å². The van der Waals surface area contributed by atoms with Crippen LogP contribution in [0.1, 0.15) is 31.1 Å². The van der Waals surface area contributed by atoms with Crippen molar-refractivity contribution >= 4 is 17.8 Å². The monoisotopic (exact) mass is 353 g/mol. The fourth-order valence-electron chi connectivity index (χ4n) is 2.49. The van der Waals surface area contributed by atoms with Crippen LogP contribution in [0.5, 0.6) is 0 Å². The number of nitrogens with zero attached hydrogens (tertiary/aromatic N) is 4. The molecule has 1 aliphatic heterocycles. The average Bonchev–Trinajstić information content (AvgIpc) is 3.26. The molecule has 4 rings (SSSR count). The predicted octanol–water partition coefficient (Wildman–Crippen LogP) is 1.37. The summed E-state index contributed by atoms with van der Waals surface area (Å²) in [4.78, 5) is 41.4. The number of nitrogens with one attached hydrogen (secondary N) is 1. The zero-order valence-electron chi connectivity index (χ0n) is 12.8. The van der Waals surface area contributed by atoms with E-state index in [2.05, 4.69) is 20.6 Å². The summed E-state index contributed by atoms with van der Waals surface area (Å²) in [6, 6.07) is 9.56. The lowest BCUT2D eigenvalue weighted by Crippen LogP contribution is -2.33. The Labute approximate surface area is 144 Å². The van der Waals surface area contributed by atoms with E-state index >= 15 is 0 Å². The van der Waals surface area contributed by atoms with Crippen LogP contribution in [0.25, 0.3) is 11.4 Å². The second-order valence-corrected chi connectivity index (χ2v) is 5.26. The lowest BCUT2D eigenvalue weighted by molar-refractivity contribution is -0.0587. The Morgan fingerprint density at radius 3 is 2.35 bits per heavy atom.